The minimum atomic E-state index is -1.35. The van der Waals surface area contributed by atoms with Gasteiger partial charge in [0.2, 0.25) is 0 Å². The average Bonchev–Trinajstić information content (AvgIpc) is 2.26. The third kappa shape index (κ3) is 6.49. The molecule has 0 unspecified atom stereocenters. The van der Waals surface area contributed by atoms with Crippen molar-refractivity contribution >= 4 is 12.2 Å². The smallest absolute Gasteiger partial charge is 0.410 e. The molecule has 0 saturated carbocycles. The zero-order valence-electron chi connectivity index (χ0n) is 14.2. The third-order valence-corrected chi connectivity index (χ3v) is 2.90. The second kappa shape index (κ2) is 6.71. The van der Waals surface area contributed by atoms with Gasteiger partial charge in [0, 0.05) is 6.54 Å². The van der Waals surface area contributed by atoms with Crippen molar-refractivity contribution < 1.29 is 23.5 Å². The fourth-order valence-electron chi connectivity index (χ4n) is 2.02. The van der Waals surface area contributed by atoms with E-state index in [9.17, 15) is 14.0 Å². The van der Waals surface area contributed by atoms with E-state index in [2.05, 4.69) is 5.32 Å². The van der Waals surface area contributed by atoms with Crippen LogP contribution in [0.1, 0.15) is 48.0 Å². The summed E-state index contributed by atoms with van der Waals surface area (Å²) in [6.45, 7) is 10.7. The number of hydrogen-bond donors (Lipinski definition) is 1. The highest BCUT2D eigenvalue weighted by Gasteiger charge is 2.35. The first-order valence-corrected chi connectivity index (χ1v) is 7.49. The summed E-state index contributed by atoms with van der Waals surface area (Å²) in [6, 6.07) is -0.659. The lowest BCUT2D eigenvalue weighted by Gasteiger charge is -2.36. The van der Waals surface area contributed by atoms with E-state index in [1.165, 1.54) is 4.90 Å². The lowest BCUT2D eigenvalue weighted by Crippen LogP contribution is -2.55. The number of hydrogen-bond acceptors (Lipinski definition) is 4. The number of nitrogens with one attached hydrogen (secondary N) is 1. The Labute approximate surface area is 131 Å². The van der Waals surface area contributed by atoms with Crippen LogP contribution in [0.3, 0.4) is 0 Å². The van der Waals surface area contributed by atoms with Gasteiger partial charge in [-0.15, -0.1) is 0 Å². The molecule has 7 heteroatoms. The Balaban J connectivity index is 2.49. The van der Waals surface area contributed by atoms with Crippen LogP contribution < -0.4 is 5.32 Å². The van der Waals surface area contributed by atoms with Crippen molar-refractivity contribution in [3.8, 4) is 0 Å². The fraction of sp³-hybridized carbons (Fsp3) is 0.867. The third-order valence-electron chi connectivity index (χ3n) is 2.90. The van der Waals surface area contributed by atoms with Crippen LogP contribution in [-0.2, 0) is 9.47 Å². The molecular formula is C15H27FN2O4. The molecule has 1 fully saturated rings. The van der Waals surface area contributed by atoms with E-state index in [0.29, 0.717) is 13.0 Å². The van der Waals surface area contributed by atoms with Gasteiger partial charge in [-0.3, -0.25) is 0 Å². The zero-order chi connectivity index (χ0) is 17.1. The van der Waals surface area contributed by atoms with Crippen LogP contribution in [0.15, 0.2) is 0 Å². The van der Waals surface area contributed by atoms with E-state index in [4.69, 9.17) is 9.47 Å². The number of carbonyl (C=O) groups is 2. The molecular weight excluding hydrogens is 291 g/mol. The summed E-state index contributed by atoms with van der Waals surface area (Å²) < 4.78 is 24.5. The second-order valence-corrected chi connectivity index (χ2v) is 7.48. The summed E-state index contributed by atoms with van der Waals surface area (Å²) in [5.41, 5.74) is -1.25. The Morgan fingerprint density at radius 3 is 2.09 bits per heavy atom. The number of ether oxygens (including phenoxy) is 2. The Kier molecular flexibility index (Phi) is 5.65. The SMILES string of the molecule is CC(C)(C)OC(=O)N[C@H]1CCN(C(=O)OC(C)(C)C)C[C@H]1F. The minimum absolute atomic E-state index is 0.102. The van der Waals surface area contributed by atoms with Gasteiger partial charge < -0.3 is 19.7 Å². The van der Waals surface area contributed by atoms with Gasteiger partial charge in [0.25, 0.3) is 0 Å². The second-order valence-electron chi connectivity index (χ2n) is 7.48. The van der Waals surface area contributed by atoms with E-state index in [1.54, 1.807) is 41.5 Å². The van der Waals surface area contributed by atoms with Crippen LogP contribution in [0.4, 0.5) is 14.0 Å². The highest BCUT2D eigenvalue weighted by atomic mass is 19.1. The number of alkyl carbamates (subject to hydrolysis) is 1. The molecule has 2 amide bonds. The van der Waals surface area contributed by atoms with Crippen molar-refractivity contribution in [3.63, 3.8) is 0 Å². The number of amides is 2. The molecule has 0 aromatic heterocycles. The number of nitrogens with zero attached hydrogens (tertiary/aromatic N) is 1. The molecule has 22 heavy (non-hydrogen) atoms. The maximum atomic E-state index is 14.2. The Morgan fingerprint density at radius 1 is 1.09 bits per heavy atom. The van der Waals surface area contributed by atoms with Crippen molar-refractivity contribution in [1.82, 2.24) is 10.2 Å². The summed E-state index contributed by atoms with van der Waals surface area (Å²) in [5.74, 6) is 0. The number of rotatable bonds is 1. The molecule has 1 rings (SSSR count). The van der Waals surface area contributed by atoms with Crippen molar-refractivity contribution in [3.05, 3.63) is 0 Å². The van der Waals surface area contributed by atoms with Gasteiger partial charge in [0.05, 0.1) is 12.6 Å². The van der Waals surface area contributed by atoms with Crippen LogP contribution >= 0.6 is 0 Å². The lowest BCUT2D eigenvalue weighted by atomic mass is 10.0. The first kappa shape index (κ1) is 18.5. The fourth-order valence-corrected chi connectivity index (χ4v) is 2.02. The molecule has 128 valence electrons. The molecule has 0 radical (unpaired) electrons. The first-order chi connectivity index (χ1) is 9.87. The van der Waals surface area contributed by atoms with Crippen molar-refractivity contribution in [2.24, 2.45) is 0 Å². The minimum Gasteiger partial charge on any atom is -0.444 e. The highest BCUT2D eigenvalue weighted by molar-refractivity contribution is 5.69. The van der Waals surface area contributed by atoms with Crippen LogP contribution in [0.2, 0.25) is 0 Å². The predicted molar refractivity (Wildman–Crippen MR) is 80.5 cm³/mol. The number of alkyl halides is 1. The molecule has 0 bridgehead atoms. The maximum absolute atomic E-state index is 14.2. The lowest BCUT2D eigenvalue weighted by molar-refractivity contribution is 0.00748. The number of piperidine rings is 1. The Hall–Kier alpha value is -1.53. The van der Waals surface area contributed by atoms with Crippen LogP contribution in [0.5, 0.6) is 0 Å². The largest absolute Gasteiger partial charge is 0.444 e. The van der Waals surface area contributed by atoms with E-state index in [-0.39, 0.29) is 6.54 Å². The van der Waals surface area contributed by atoms with E-state index in [0.717, 1.165) is 0 Å². The number of likely N-dealkylation sites (tertiary alicyclic amines) is 1. The Morgan fingerprint density at radius 2 is 1.64 bits per heavy atom. The molecule has 1 heterocycles. The molecule has 6 nitrogen and oxygen atoms in total. The quantitative estimate of drug-likeness (QED) is 0.807. The van der Waals surface area contributed by atoms with Gasteiger partial charge in [-0.25, -0.2) is 14.0 Å². The summed E-state index contributed by atoms with van der Waals surface area (Å²) in [7, 11) is 0. The topological polar surface area (TPSA) is 67.9 Å². The molecule has 1 N–H and O–H groups in total. The van der Waals surface area contributed by atoms with Crippen molar-refractivity contribution in [2.75, 3.05) is 13.1 Å². The zero-order valence-corrected chi connectivity index (χ0v) is 14.2. The molecule has 0 aromatic rings. The molecule has 2 atom stereocenters. The van der Waals surface area contributed by atoms with Gasteiger partial charge in [-0.1, -0.05) is 0 Å². The van der Waals surface area contributed by atoms with E-state index in [1.807, 2.05) is 0 Å². The Bertz CT molecular complexity index is 415. The summed E-state index contributed by atoms with van der Waals surface area (Å²) in [5, 5.41) is 2.52. The monoisotopic (exact) mass is 318 g/mol. The molecule has 1 saturated heterocycles. The van der Waals surface area contributed by atoms with Crippen LogP contribution in [0, 0.1) is 0 Å². The molecule has 0 aliphatic carbocycles. The summed E-state index contributed by atoms with van der Waals surface area (Å²) in [6.07, 6.45) is -2.22. The van der Waals surface area contributed by atoms with Crippen LogP contribution in [0.25, 0.3) is 0 Å². The maximum Gasteiger partial charge on any atom is 0.410 e. The standard InChI is InChI=1S/C15H27FN2O4/c1-14(2,3)21-12(19)17-11-7-8-18(9-10(11)16)13(20)22-15(4,5)6/h10-11H,7-9H2,1-6H3,(H,17,19)/t10-,11+/m1/s1. The van der Waals surface area contributed by atoms with Crippen molar-refractivity contribution in [2.45, 2.75) is 71.4 Å². The summed E-state index contributed by atoms with van der Waals surface area (Å²) >= 11 is 0. The first-order valence-electron chi connectivity index (χ1n) is 7.49. The van der Waals surface area contributed by atoms with Crippen LogP contribution in [-0.4, -0.2) is 53.6 Å². The summed E-state index contributed by atoms with van der Waals surface area (Å²) in [4.78, 5) is 24.9. The highest BCUT2D eigenvalue weighted by Crippen LogP contribution is 2.18. The van der Waals surface area contributed by atoms with Crippen molar-refractivity contribution in [1.29, 1.82) is 0 Å². The van der Waals surface area contributed by atoms with Gasteiger partial charge >= 0.3 is 12.2 Å². The van der Waals surface area contributed by atoms with Gasteiger partial charge in [0.1, 0.15) is 17.4 Å². The predicted octanol–water partition coefficient (Wildman–Crippen LogP) is 2.86. The molecule has 0 aromatic carbocycles. The molecule has 0 spiro atoms. The van der Waals surface area contributed by atoms with E-state index >= 15 is 0 Å². The van der Waals surface area contributed by atoms with Gasteiger partial charge in [-0.05, 0) is 48.0 Å². The number of halogens is 1. The number of carbonyl (C=O) groups excluding carboxylic acids is 2. The van der Waals surface area contributed by atoms with Gasteiger partial charge in [-0.2, -0.15) is 0 Å². The average molecular weight is 318 g/mol. The normalized spacial score (nSPS) is 23.0. The van der Waals surface area contributed by atoms with E-state index < -0.39 is 35.6 Å². The molecule has 1 aliphatic rings. The molecule has 1 aliphatic heterocycles. The van der Waals surface area contributed by atoms with Gasteiger partial charge in [0.15, 0.2) is 0 Å².